The molecule has 0 bridgehead atoms. The number of halogens is 2. The molecule has 1 N–H and O–H groups in total. The molecule has 1 saturated carbocycles. The lowest BCUT2D eigenvalue weighted by atomic mass is 9.76. The van der Waals surface area contributed by atoms with Crippen LogP contribution in [0.1, 0.15) is 29.6 Å². The Kier molecular flexibility index (Phi) is 4.67. The van der Waals surface area contributed by atoms with Gasteiger partial charge in [-0.1, -0.05) is 17.7 Å². The minimum atomic E-state index is -0.780. The van der Waals surface area contributed by atoms with Gasteiger partial charge in [0, 0.05) is 7.05 Å². The van der Waals surface area contributed by atoms with Gasteiger partial charge < -0.3 is 10.2 Å². The monoisotopic (exact) mass is 323 g/mol. The van der Waals surface area contributed by atoms with Crippen LogP contribution in [0.5, 0.6) is 0 Å². The van der Waals surface area contributed by atoms with E-state index in [0.29, 0.717) is 12.8 Å². The minimum Gasteiger partial charge on any atom is -0.343 e. The summed E-state index contributed by atoms with van der Waals surface area (Å²) in [6.07, 6.45) is 2.14. The van der Waals surface area contributed by atoms with E-state index in [0.717, 1.165) is 12.5 Å². The van der Waals surface area contributed by atoms with Gasteiger partial charge in [0.05, 0.1) is 23.2 Å². The highest BCUT2D eigenvalue weighted by atomic mass is 35.5. The zero-order chi connectivity index (χ0) is 16.3. The van der Waals surface area contributed by atoms with Crippen molar-refractivity contribution in [3.8, 4) is 6.07 Å². The van der Waals surface area contributed by atoms with E-state index in [9.17, 15) is 19.2 Å². The smallest absolute Gasteiger partial charge is 0.256 e. The predicted octanol–water partition coefficient (Wildman–Crippen LogP) is 2.11. The van der Waals surface area contributed by atoms with Crippen molar-refractivity contribution < 1.29 is 14.0 Å². The van der Waals surface area contributed by atoms with Crippen molar-refractivity contribution in [2.75, 3.05) is 13.6 Å². The van der Waals surface area contributed by atoms with Crippen molar-refractivity contribution in [1.29, 1.82) is 5.26 Å². The average molecular weight is 324 g/mol. The number of amides is 2. The number of hydrogen-bond donors (Lipinski definition) is 1. The molecule has 0 aromatic heterocycles. The van der Waals surface area contributed by atoms with Crippen LogP contribution in [0.25, 0.3) is 0 Å². The topological polar surface area (TPSA) is 73.2 Å². The summed E-state index contributed by atoms with van der Waals surface area (Å²) in [5.74, 6) is -1.91. The molecule has 2 rings (SSSR count). The molecule has 2 amide bonds. The molecule has 1 aromatic rings. The number of carbonyl (C=O) groups excluding carboxylic acids is 2. The molecule has 116 valence electrons. The highest BCUT2D eigenvalue weighted by molar-refractivity contribution is 6.33. The lowest BCUT2D eigenvalue weighted by Gasteiger charge is -2.42. The Morgan fingerprint density at radius 2 is 2.18 bits per heavy atom. The van der Waals surface area contributed by atoms with Crippen molar-refractivity contribution >= 4 is 23.4 Å². The summed E-state index contributed by atoms with van der Waals surface area (Å²) in [5.41, 5.74) is -1.07. The standard InChI is InChI=1S/C15H15ClFN3O2/c1-20(15(9-18)6-3-7-15)12(21)8-19-14(22)13-10(16)4-2-5-11(13)17/h2,4-5H,3,6-8H2,1H3,(H,19,22). The molecule has 1 fully saturated rings. The Morgan fingerprint density at radius 3 is 2.68 bits per heavy atom. The van der Waals surface area contributed by atoms with Gasteiger partial charge in [0.2, 0.25) is 5.91 Å². The molecule has 0 spiro atoms. The van der Waals surface area contributed by atoms with E-state index < -0.39 is 23.2 Å². The number of benzene rings is 1. The van der Waals surface area contributed by atoms with Crippen LogP contribution in [0.15, 0.2) is 18.2 Å². The number of nitriles is 1. The van der Waals surface area contributed by atoms with Gasteiger partial charge in [-0.25, -0.2) is 4.39 Å². The molecule has 0 radical (unpaired) electrons. The fourth-order valence-electron chi connectivity index (χ4n) is 2.35. The largest absolute Gasteiger partial charge is 0.343 e. The third-order valence-corrected chi connectivity index (χ3v) is 4.31. The van der Waals surface area contributed by atoms with E-state index >= 15 is 0 Å². The summed E-state index contributed by atoms with van der Waals surface area (Å²) in [4.78, 5) is 25.4. The van der Waals surface area contributed by atoms with Gasteiger partial charge in [-0.05, 0) is 31.4 Å². The fraction of sp³-hybridized carbons (Fsp3) is 0.400. The quantitative estimate of drug-likeness (QED) is 0.922. The first-order valence-electron chi connectivity index (χ1n) is 6.81. The highest BCUT2D eigenvalue weighted by Gasteiger charge is 2.43. The zero-order valence-corrected chi connectivity index (χ0v) is 12.8. The van der Waals surface area contributed by atoms with Crippen molar-refractivity contribution in [1.82, 2.24) is 10.2 Å². The summed E-state index contributed by atoms with van der Waals surface area (Å²) in [6, 6.07) is 6.05. The van der Waals surface area contributed by atoms with Crippen LogP contribution in [0.4, 0.5) is 4.39 Å². The highest BCUT2D eigenvalue weighted by Crippen LogP contribution is 2.36. The maximum atomic E-state index is 13.6. The van der Waals surface area contributed by atoms with E-state index in [1.807, 2.05) is 0 Å². The fourth-order valence-corrected chi connectivity index (χ4v) is 2.60. The number of carbonyl (C=O) groups is 2. The molecule has 1 aromatic carbocycles. The zero-order valence-electron chi connectivity index (χ0n) is 12.0. The van der Waals surface area contributed by atoms with Gasteiger partial charge in [0.25, 0.3) is 5.91 Å². The number of likely N-dealkylation sites (N-methyl/N-ethyl adjacent to an activating group) is 1. The number of nitrogens with zero attached hydrogens (tertiary/aromatic N) is 2. The SMILES string of the molecule is CN(C(=O)CNC(=O)c1c(F)cccc1Cl)C1(C#N)CCC1. The van der Waals surface area contributed by atoms with Crippen molar-refractivity contribution in [2.45, 2.75) is 24.8 Å². The van der Waals surface area contributed by atoms with Gasteiger partial charge >= 0.3 is 0 Å². The maximum Gasteiger partial charge on any atom is 0.256 e. The molecular weight excluding hydrogens is 309 g/mol. The van der Waals surface area contributed by atoms with Gasteiger partial charge in [0.1, 0.15) is 11.4 Å². The second-order valence-electron chi connectivity index (χ2n) is 5.23. The van der Waals surface area contributed by atoms with Gasteiger partial charge in [-0.2, -0.15) is 5.26 Å². The normalized spacial score (nSPS) is 15.4. The predicted molar refractivity (Wildman–Crippen MR) is 78.7 cm³/mol. The van der Waals surface area contributed by atoms with Crippen molar-refractivity contribution in [3.63, 3.8) is 0 Å². The summed E-state index contributed by atoms with van der Waals surface area (Å²) in [7, 11) is 1.53. The third kappa shape index (κ3) is 2.90. The first kappa shape index (κ1) is 16.2. The first-order chi connectivity index (χ1) is 10.4. The van der Waals surface area contributed by atoms with Gasteiger partial charge in [0.15, 0.2) is 0 Å². The van der Waals surface area contributed by atoms with Crippen LogP contribution in [0.2, 0.25) is 5.02 Å². The maximum absolute atomic E-state index is 13.6. The summed E-state index contributed by atoms with van der Waals surface area (Å²) in [6.45, 7) is -0.316. The molecule has 0 heterocycles. The lowest BCUT2D eigenvalue weighted by Crippen LogP contribution is -2.55. The molecule has 0 atom stereocenters. The Bertz CT molecular complexity index is 632. The van der Waals surface area contributed by atoms with Crippen molar-refractivity contribution in [2.24, 2.45) is 0 Å². The first-order valence-corrected chi connectivity index (χ1v) is 7.19. The molecule has 0 saturated heterocycles. The van der Waals surface area contributed by atoms with Crippen LogP contribution in [0.3, 0.4) is 0 Å². The second-order valence-corrected chi connectivity index (χ2v) is 5.64. The third-order valence-electron chi connectivity index (χ3n) is 3.99. The Balaban J connectivity index is 2.00. The molecule has 0 aliphatic heterocycles. The molecule has 7 heteroatoms. The molecule has 5 nitrogen and oxygen atoms in total. The van der Waals surface area contributed by atoms with Crippen LogP contribution in [0, 0.1) is 17.1 Å². The molecule has 1 aliphatic carbocycles. The lowest BCUT2D eigenvalue weighted by molar-refractivity contribution is -0.135. The Labute approximate surface area is 132 Å². The van der Waals surface area contributed by atoms with Crippen molar-refractivity contribution in [3.05, 3.63) is 34.6 Å². The van der Waals surface area contributed by atoms with Crippen LogP contribution in [-0.2, 0) is 4.79 Å². The van der Waals surface area contributed by atoms with E-state index in [4.69, 9.17) is 11.6 Å². The van der Waals surface area contributed by atoms with E-state index in [2.05, 4.69) is 11.4 Å². The van der Waals surface area contributed by atoms with Crippen LogP contribution >= 0.6 is 11.6 Å². The molecule has 22 heavy (non-hydrogen) atoms. The summed E-state index contributed by atoms with van der Waals surface area (Å²) in [5, 5.41) is 11.5. The summed E-state index contributed by atoms with van der Waals surface area (Å²) >= 11 is 5.79. The van der Waals surface area contributed by atoms with Gasteiger partial charge in [-0.15, -0.1) is 0 Å². The molecule has 1 aliphatic rings. The molecular formula is C15H15ClFN3O2. The second kappa shape index (κ2) is 6.32. The minimum absolute atomic E-state index is 0.0224. The van der Waals surface area contributed by atoms with Gasteiger partial charge in [-0.3, -0.25) is 9.59 Å². The summed E-state index contributed by atoms with van der Waals surface area (Å²) < 4.78 is 13.6. The Morgan fingerprint density at radius 1 is 1.50 bits per heavy atom. The average Bonchev–Trinajstić information content (AvgIpc) is 2.43. The number of rotatable bonds is 4. The van der Waals surface area contributed by atoms with Crippen LogP contribution < -0.4 is 5.32 Å². The Hall–Kier alpha value is -2.13. The van der Waals surface area contributed by atoms with E-state index in [1.54, 1.807) is 0 Å². The van der Waals surface area contributed by atoms with E-state index in [-0.39, 0.29) is 17.1 Å². The molecule has 0 unspecified atom stereocenters. The number of nitrogens with one attached hydrogen (secondary N) is 1. The van der Waals surface area contributed by atoms with Crippen LogP contribution in [-0.4, -0.2) is 35.8 Å². The van der Waals surface area contributed by atoms with E-state index in [1.165, 1.54) is 24.1 Å². The number of hydrogen-bond acceptors (Lipinski definition) is 3.